The highest BCUT2D eigenvalue weighted by atomic mass is 16.4. The molecule has 2 aromatic heterocycles. The van der Waals surface area contributed by atoms with Crippen molar-refractivity contribution in [2.24, 2.45) is 0 Å². The Labute approximate surface area is 141 Å². The molecule has 0 spiro atoms. The molecule has 1 aliphatic heterocycles. The van der Waals surface area contributed by atoms with E-state index >= 15 is 0 Å². The summed E-state index contributed by atoms with van der Waals surface area (Å²) in [7, 11) is 0. The van der Waals surface area contributed by atoms with Crippen LogP contribution in [0.15, 0.2) is 8.83 Å². The number of aromatic nitrogens is 4. The molecule has 2 aliphatic rings. The van der Waals surface area contributed by atoms with Gasteiger partial charge in [0, 0.05) is 11.8 Å². The van der Waals surface area contributed by atoms with E-state index in [1.807, 2.05) is 0 Å². The van der Waals surface area contributed by atoms with Crippen molar-refractivity contribution >= 4 is 0 Å². The number of nitrogens with zero attached hydrogens (tertiary/aromatic N) is 5. The third-order valence-corrected chi connectivity index (χ3v) is 5.12. The molecule has 24 heavy (non-hydrogen) atoms. The van der Waals surface area contributed by atoms with E-state index in [1.54, 1.807) is 0 Å². The van der Waals surface area contributed by atoms with Crippen molar-refractivity contribution in [3.05, 3.63) is 23.6 Å². The van der Waals surface area contributed by atoms with Crippen LogP contribution in [-0.4, -0.2) is 31.8 Å². The third-order valence-electron chi connectivity index (χ3n) is 5.12. The van der Waals surface area contributed by atoms with Crippen molar-refractivity contribution in [2.75, 3.05) is 6.54 Å². The summed E-state index contributed by atoms with van der Waals surface area (Å²) < 4.78 is 11.8. The van der Waals surface area contributed by atoms with E-state index in [4.69, 9.17) is 8.83 Å². The first kappa shape index (κ1) is 15.7. The van der Waals surface area contributed by atoms with Gasteiger partial charge in [-0.1, -0.05) is 26.7 Å². The van der Waals surface area contributed by atoms with Gasteiger partial charge in [0.2, 0.25) is 23.6 Å². The van der Waals surface area contributed by atoms with Crippen LogP contribution in [0.1, 0.15) is 93.8 Å². The van der Waals surface area contributed by atoms with Gasteiger partial charge < -0.3 is 8.83 Å². The van der Waals surface area contributed by atoms with Gasteiger partial charge in [-0.15, -0.1) is 20.4 Å². The van der Waals surface area contributed by atoms with E-state index in [-0.39, 0.29) is 12.0 Å². The molecule has 7 nitrogen and oxygen atoms in total. The highest BCUT2D eigenvalue weighted by Crippen LogP contribution is 2.37. The zero-order valence-electron chi connectivity index (χ0n) is 14.4. The molecule has 0 bridgehead atoms. The molecule has 3 heterocycles. The fourth-order valence-corrected chi connectivity index (χ4v) is 3.40. The fourth-order valence-electron chi connectivity index (χ4n) is 3.40. The lowest BCUT2D eigenvalue weighted by Crippen LogP contribution is -2.33. The zero-order valence-corrected chi connectivity index (χ0v) is 14.4. The predicted octanol–water partition coefficient (Wildman–Crippen LogP) is 3.57. The summed E-state index contributed by atoms with van der Waals surface area (Å²) in [5.41, 5.74) is 0. The van der Waals surface area contributed by atoms with Gasteiger partial charge in [0.25, 0.3) is 0 Å². The second-order valence-electron chi connectivity index (χ2n) is 7.28. The summed E-state index contributed by atoms with van der Waals surface area (Å²) in [6.45, 7) is 5.75. The Morgan fingerprint density at radius 2 is 1.79 bits per heavy atom. The van der Waals surface area contributed by atoms with E-state index in [9.17, 15) is 0 Å². The van der Waals surface area contributed by atoms with E-state index in [1.165, 1.54) is 32.1 Å². The van der Waals surface area contributed by atoms with Gasteiger partial charge in [-0.3, -0.25) is 4.90 Å². The van der Waals surface area contributed by atoms with Crippen LogP contribution in [-0.2, 0) is 6.54 Å². The Balaban J connectivity index is 1.48. The first-order valence-electron chi connectivity index (χ1n) is 9.10. The maximum absolute atomic E-state index is 6.01. The molecule has 0 N–H and O–H groups in total. The largest absolute Gasteiger partial charge is 0.424 e. The number of piperidine rings is 1. The molecule has 1 aliphatic carbocycles. The van der Waals surface area contributed by atoms with Gasteiger partial charge in [-0.2, -0.15) is 0 Å². The topological polar surface area (TPSA) is 81.1 Å². The molecule has 0 unspecified atom stereocenters. The molecule has 0 radical (unpaired) electrons. The molecule has 0 aromatic carbocycles. The maximum atomic E-state index is 6.01. The van der Waals surface area contributed by atoms with Crippen LogP contribution >= 0.6 is 0 Å². The lowest BCUT2D eigenvalue weighted by atomic mass is 9.85. The standard InChI is InChI=1S/C17H25N5O2/c1-11(2)15-19-18-14(23-15)10-22-9-4-3-8-13(22)17-21-20-16(24-17)12-6-5-7-12/h11-13H,3-10H2,1-2H3/t13-/m0/s1. The van der Waals surface area contributed by atoms with Gasteiger partial charge in [0.15, 0.2) is 0 Å². The van der Waals surface area contributed by atoms with Crippen molar-refractivity contribution in [3.63, 3.8) is 0 Å². The monoisotopic (exact) mass is 331 g/mol. The predicted molar refractivity (Wildman–Crippen MR) is 86.3 cm³/mol. The van der Waals surface area contributed by atoms with E-state index in [0.717, 1.165) is 24.7 Å². The molecule has 1 saturated carbocycles. The molecule has 2 fully saturated rings. The smallest absolute Gasteiger partial charge is 0.233 e. The van der Waals surface area contributed by atoms with Gasteiger partial charge in [-0.05, 0) is 32.2 Å². The van der Waals surface area contributed by atoms with Crippen LogP contribution in [0.25, 0.3) is 0 Å². The normalized spacial score (nSPS) is 22.9. The van der Waals surface area contributed by atoms with E-state index in [2.05, 4.69) is 39.1 Å². The highest BCUT2D eigenvalue weighted by molar-refractivity contribution is 5.00. The molecule has 130 valence electrons. The number of rotatable bonds is 5. The summed E-state index contributed by atoms with van der Waals surface area (Å²) in [6, 6.07) is 0.162. The summed E-state index contributed by atoms with van der Waals surface area (Å²) in [6.07, 6.45) is 7.02. The lowest BCUT2D eigenvalue weighted by Gasteiger charge is -2.32. The Bertz CT molecular complexity index is 676. The molecular weight excluding hydrogens is 306 g/mol. The van der Waals surface area contributed by atoms with Crippen LogP contribution < -0.4 is 0 Å². The van der Waals surface area contributed by atoms with Crippen molar-refractivity contribution in [2.45, 2.75) is 76.8 Å². The number of likely N-dealkylation sites (tertiary alicyclic amines) is 1. The molecule has 1 atom stereocenters. The van der Waals surface area contributed by atoms with E-state index in [0.29, 0.717) is 24.2 Å². The average Bonchev–Trinajstić information content (AvgIpc) is 3.16. The molecular formula is C17H25N5O2. The second-order valence-corrected chi connectivity index (χ2v) is 7.28. The maximum Gasteiger partial charge on any atom is 0.233 e. The SMILES string of the molecule is CC(C)c1nnc(CN2CCCC[C@H]2c2nnc(C3CCC3)o2)o1. The van der Waals surface area contributed by atoms with Crippen LogP contribution in [0, 0.1) is 0 Å². The van der Waals surface area contributed by atoms with Crippen molar-refractivity contribution in [1.29, 1.82) is 0 Å². The van der Waals surface area contributed by atoms with Crippen molar-refractivity contribution in [1.82, 2.24) is 25.3 Å². The average molecular weight is 331 g/mol. The Morgan fingerprint density at radius 3 is 2.50 bits per heavy atom. The van der Waals surface area contributed by atoms with E-state index < -0.39 is 0 Å². The Hall–Kier alpha value is -1.76. The molecule has 1 saturated heterocycles. The van der Waals surface area contributed by atoms with Crippen LogP contribution in [0.3, 0.4) is 0 Å². The number of hydrogen-bond acceptors (Lipinski definition) is 7. The Morgan fingerprint density at radius 1 is 0.958 bits per heavy atom. The van der Waals surface area contributed by atoms with Gasteiger partial charge in [0.1, 0.15) is 0 Å². The van der Waals surface area contributed by atoms with Crippen molar-refractivity contribution in [3.8, 4) is 0 Å². The summed E-state index contributed by atoms with van der Waals surface area (Å²) in [5, 5.41) is 17.0. The summed E-state index contributed by atoms with van der Waals surface area (Å²) >= 11 is 0. The molecule has 2 aromatic rings. The first-order valence-corrected chi connectivity index (χ1v) is 9.10. The minimum atomic E-state index is 0.162. The van der Waals surface area contributed by atoms with Crippen LogP contribution in [0.5, 0.6) is 0 Å². The zero-order chi connectivity index (χ0) is 16.5. The number of hydrogen-bond donors (Lipinski definition) is 0. The third kappa shape index (κ3) is 3.09. The minimum absolute atomic E-state index is 0.162. The van der Waals surface area contributed by atoms with Crippen LogP contribution in [0.2, 0.25) is 0 Å². The summed E-state index contributed by atoms with van der Waals surface area (Å²) in [4.78, 5) is 2.33. The quantitative estimate of drug-likeness (QED) is 0.828. The molecule has 0 amide bonds. The fraction of sp³-hybridized carbons (Fsp3) is 0.765. The highest BCUT2D eigenvalue weighted by Gasteiger charge is 2.32. The first-order chi connectivity index (χ1) is 11.7. The van der Waals surface area contributed by atoms with Crippen LogP contribution in [0.4, 0.5) is 0 Å². The van der Waals surface area contributed by atoms with Gasteiger partial charge in [0.05, 0.1) is 12.6 Å². The van der Waals surface area contributed by atoms with Crippen molar-refractivity contribution < 1.29 is 8.83 Å². The minimum Gasteiger partial charge on any atom is -0.424 e. The molecule has 7 heteroatoms. The Kier molecular flexibility index (Phi) is 4.35. The molecule has 4 rings (SSSR count). The second kappa shape index (κ2) is 6.63. The van der Waals surface area contributed by atoms with Gasteiger partial charge >= 0.3 is 0 Å². The lowest BCUT2D eigenvalue weighted by molar-refractivity contribution is 0.104. The van der Waals surface area contributed by atoms with Gasteiger partial charge in [-0.25, -0.2) is 0 Å². The summed E-state index contributed by atoms with van der Waals surface area (Å²) in [5.74, 6) is 3.67.